The second kappa shape index (κ2) is 12.3. The highest BCUT2D eigenvalue weighted by molar-refractivity contribution is 7.99. The van der Waals surface area contributed by atoms with E-state index < -0.39 is 11.8 Å². The van der Waals surface area contributed by atoms with E-state index >= 15 is 0 Å². The number of nitrogens with one attached hydrogen (secondary N) is 1. The Balaban J connectivity index is 1.41. The van der Waals surface area contributed by atoms with Gasteiger partial charge in [0.25, 0.3) is 0 Å². The fourth-order valence-corrected chi connectivity index (χ4v) is 6.59. The van der Waals surface area contributed by atoms with Gasteiger partial charge in [0.15, 0.2) is 11.0 Å². The Kier molecular flexibility index (Phi) is 9.09. The molecular weight excluding hydrogens is 539 g/mol. The third kappa shape index (κ3) is 6.45. The van der Waals surface area contributed by atoms with Crippen molar-refractivity contribution in [3.05, 3.63) is 50.9 Å². The Morgan fingerprint density at radius 3 is 2.86 bits per heavy atom. The van der Waals surface area contributed by atoms with Crippen LogP contribution in [0.3, 0.4) is 0 Å². The second-order valence-electron chi connectivity index (χ2n) is 8.62. The zero-order chi connectivity index (χ0) is 26.5. The molecule has 0 bridgehead atoms. The van der Waals surface area contributed by atoms with E-state index in [2.05, 4.69) is 22.4 Å². The number of rotatable bonds is 10. The van der Waals surface area contributed by atoms with E-state index in [-0.39, 0.29) is 29.9 Å². The van der Waals surface area contributed by atoms with Crippen molar-refractivity contribution < 1.29 is 23.5 Å². The number of thioether (sulfide) groups is 1. The van der Waals surface area contributed by atoms with Crippen LogP contribution in [0.15, 0.2) is 23.4 Å². The molecule has 0 radical (unpaired) electrons. The maximum absolute atomic E-state index is 13.3. The molecule has 1 amide bonds. The van der Waals surface area contributed by atoms with E-state index in [1.165, 1.54) is 41.3 Å². The number of benzene rings is 1. The molecule has 2 heterocycles. The molecule has 0 fully saturated rings. The average molecular weight is 567 g/mol. The molecule has 1 N–H and O–H groups in total. The van der Waals surface area contributed by atoms with E-state index in [4.69, 9.17) is 21.1 Å². The van der Waals surface area contributed by atoms with E-state index in [0.29, 0.717) is 39.8 Å². The van der Waals surface area contributed by atoms with Crippen LogP contribution in [0.4, 0.5) is 9.39 Å². The normalized spacial score (nSPS) is 14.8. The second-order valence-corrected chi connectivity index (χ2v) is 11.1. The Morgan fingerprint density at radius 2 is 2.14 bits per heavy atom. The molecule has 0 saturated heterocycles. The van der Waals surface area contributed by atoms with Gasteiger partial charge in [0.05, 0.1) is 22.9 Å². The lowest BCUT2D eigenvalue weighted by atomic mass is 9.88. The molecule has 1 aliphatic rings. The monoisotopic (exact) mass is 566 g/mol. The summed E-state index contributed by atoms with van der Waals surface area (Å²) in [5, 5.41) is 12.6. The molecule has 198 valence electrons. The van der Waals surface area contributed by atoms with Crippen molar-refractivity contribution in [3.63, 3.8) is 0 Å². The topological polar surface area (TPSA) is 95.3 Å². The lowest BCUT2D eigenvalue weighted by molar-refractivity contribution is -0.113. The Labute approximate surface area is 227 Å². The van der Waals surface area contributed by atoms with Crippen LogP contribution in [-0.4, -0.2) is 39.0 Å². The number of nitrogens with zero attached hydrogens (tertiary/aromatic N) is 3. The quantitative estimate of drug-likeness (QED) is 0.246. The summed E-state index contributed by atoms with van der Waals surface area (Å²) in [5.41, 5.74) is 1.49. The van der Waals surface area contributed by atoms with Gasteiger partial charge in [0.2, 0.25) is 5.91 Å². The van der Waals surface area contributed by atoms with Crippen LogP contribution in [0, 0.1) is 11.7 Å². The van der Waals surface area contributed by atoms with Crippen LogP contribution in [-0.2, 0) is 35.5 Å². The predicted octanol–water partition coefficient (Wildman–Crippen LogP) is 5.76. The molecule has 1 aliphatic carbocycles. The molecule has 1 unspecified atom stereocenters. The third-order valence-corrected chi connectivity index (χ3v) is 8.37. The van der Waals surface area contributed by atoms with Crippen LogP contribution >= 0.6 is 34.7 Å². The van der Waals surface area contributed by atoms with Crippen LogP contribution < -0.4 is 10.1 Å². The van der Waals surface area contributed by atoms with Crippen LogP contribution in [0.2, 0.25) is 5.02 Å². The molecule has 0 saturated carbocycles. The van der Waals surface area contributed by atoms with Gasteiger partial charge in [-0.3, -0.25) is 4.79 Å². The maximum atomic E-state index is 13.3. The number of hydrogen-bond acceptors (Lipinski definition) is 8. The third-order valence-electron chi connectivity index (χ3n) is 5.94. The summed E-state index contributed by atoms with van der Waals surface area (Å²) in [6, 6.07) is 3.90. The number of amides is 1. The minimum atomic E-state index is -0.447. The molecule has 8 nitrogen and oxygen atoms in total. The molecule has 12 heteroatoms. The SMILES string of the molecule is CCOC(=O)c1c(NC(=O)CSc2nnc(COc3ccc(F)cc3Cl)n2CC)sc2c1CCC(C)C2. The molecule has 1 atom stereocenters. The van der Waals surface area contributed by atoms with Gasteiger partial charge in [-0.15, -0.1) is 21.5 Å². The van der Waals surface area contributed by atoms with Crippen molar-refractivity contribution in [3.8, 4) is 5.75 Å². The van der Waals surface area contributed by atoms with Crippen LogP contribution in [0.1, 0.15) is 53.8 Å². The Bertz CT molecular complexity index is 1300. The van der Waals surface area contributed by atoms with Gasteiger partial charge >= 0.3 is 5.97 Å². The Morgan fingerprint density at radius 1 is 1.32 bits per heavy atom. The van der Waals surface area contributed by atoms with Gasteiger partial charge < -0.3 is 19.4 Å². The molecule has 37 heavy (non-hydrogen) atoms. The van der Waals surface area contributed by atoms with Gasteiger partial charge in [-0.2, -0.15) is 0 Å². The molecule has 0 aliphatic heterocycles. The number of anilines is 1. The predicted molar refractivity (Wildman–Crippen MR) is 142 cm³/mol. The largest absolute Gasteiger partial charge is 0.484 e. The van der Waals surface area contributed by atoms with Gasteiger partial charge in [-0.05, 0) is 62.8 Å². The highest BCUT2D eigenvalue weighted by atomic mass is 35.5. The summed E-state index contributed by atoms with van der Waals surface area (Å²) in [4.78, 5) is 26.7. The van der Waals surface area contributed by atoms with Crippen molar-refractivity contribution in [2.45, 2.75) is 58.3 Å². The number of esters is 1. The number of fused-ring (bicyclic) bond motifs is 1. The smallest absolute Gasteiger partial charge is 0.341 e. The number of ether oxygens (including phenoxy) is 2. The minimum absolute atomic E-state index is 0.0843. The van der Waals surface area contributed by atoms with Crippen molar-refractivity contribution >= 4 is 51.6 Å². The standard InChI is InChI=1S/C25H28ClFN4O4S2/c1-4-31-20(12-35-18-9-7-15(27)11-17(18)26)29-30-25(31)36-13-21(32)28-23-22(24(33)34-5-2)16-8-6-14(3)10-19(16)37-23/h7,9,11,14H,4-6,8,10,12-13H2,1-3H3,(H,28,32). The lowest BCUT2D eigenvalue weighted by Crippen LogP contribution is -2.18. The fourth-order valence-electron chi connectivity index (χ4n) is 4.14. The first kappa shape index (κ1) is 27.4. The first-order chi connectivity index (χ1) is 17.8. The number of halogens is 2. The summed E-state index contributed by atoms with van der Waals surface area (Å²) < 4.78 is 26.1. The molecule has 2 aromatic heterocycles. The van der Waals surface area contributed by atoms with E-state index in [0.717, 1.165) is 29.7 Å². The van der Waals surface area contributed by atoms with Crippen LogP contribution in [0.5, 0.6) is 5.75 Å². The van der Waals surface area contributed by atoms with Gasteiger partial charge in [-0.25, -0.2) is 9.18 Å². The summed E-state index contributed by atoms with van der Waals surface area (Å²) in [6.45, 7) is 6.82. The molecule has 1 aromatic carbocycles. The molecular formula is C25H28ClFN4O4S2. The summed E-state index contributed by atoms with van der Waals surface area (Å²) in [5.74, 6) is 0.432. The van der Waals surface area contributed by atoms with E-state index in [9.17, 15) is 14.0 Å². The van der Waals surface area contributed by atoms with E-state index in [1.807, 2.05) is 11.5 Å². The number of carbonyl (C=O) groups excluding carboxylic acids is 2. The number of hydrogen-bond donors (Lipinski definition) is 1. The highest BCUT2D eigenvalue weighted by Crippen LogP contribution is 2.40. The maximum Gasteiger partial charge on any atom is 0.341 e. The zero-order valence-electron chi connectivity index (χ0n) is 20.8. The first-order valence-corrected chi connectivity index (χ1v) is 14.2. The van der Waals surface area contributed by atoms with Gasteiger partial charge in [0.1, 0.15) is 23.2 Å². The van der Waals surface area contributed by atoms with Crippen LogP contribution in [0.25, 0.3) is 0 Å². The van der Waals surface area contributed by atoms with Gasteiger partial charge in [-0.1, -0.05) is 30.3 Å². The Hall–Kier alpha value is -2.63. The highest BCUT2D eigenvalue weighted by Gasteiger charge is 2.29. The van der Waals surface area contributed by atoms with Crippen molar-refractivity contribution in [1.82, 2.24) is 14.8 Å². The number of aromatic nitrogens is 3. The van der Waals surface area contributed by atoms with Crippen molar-refractivity contribution in [2.75, 3.05) is 17.7 Å². The van der Waals surface area contributed by atoms with Crippen molar-refractivity contribution in [2.24, 2.45) is 5.92 Å². The number of thiophene rings is 1. The molecule has 4 rings (SSSR count). The summed E-state index contributed by atoms with van der Waals surface area (Å²) >= 11 is 8.73. The van der Waals surface area contributed by atoms with E-state index in [1.54, 1.807) is 6.92 Å². The van der Waals surface area contributed by atoms with Gasteiger partial charge in [0, 0.05) is 11.4 Å². The summed E-state index contributed by atoms with van der Waals surface area (Å²) in [7, 11) is 0. The molecule has 0 spiro atoms. The number of carbonyl (C=O) groups is 2. The minimum Gasteiger partial charge on any atom is -0.484 e. The average Bonchev–Trinajstić information content (AvgIpc) is 3.41. The fraction of sp³-hybridized carbons (Fsp3) is 0.440. The summed E-state index contributed by atoms with van der Waals surface area (Å²) in [6.07, 6.45) is 2.70. The van der Waals surface area contributed by atoms with Crippen molar-refractivity contribution in [1.29, 1.82) is 0 Å². The lowest BCUT2D eigenvalue weighted by Gasteiger charge is -2.18. The zero-order valence-corrected chi connectivity index (χ0v) is 23.2. The molecule has 3 aromatic rings. The first-order valence-electron chi connectivity index (χ1n) is 12.0.